The Balaban J connectivity index is 0. The molecule has 5 N–H and O–H groups in total. The number of aliphatic hydroxyl groups is 1. The van der Waals surface area contributed by atoms with Gasteiger partial charge in [-0.05, 0) is 31.0 Å². The molecule has 1 aromatic carbocycles. The number of Topliss-reactive ketones (excluding diaryl/α,β-unsaturated/α-hetero) is 1. The summed E-state index contributed by atoms with van der Waals surface area (Å²) in [7, 11) is 0.750. The van der Waals surface area contributed by atoms with Crippen LogP contribution < -0.4 is 5.73 Å². The number of nitrogens with two attached hydrogens (primary N) is 1. The lowest BCUT2D eigenvalue weighted by molar-refractivity contribution is -0.118. The molecular weight excluding hydrogens is 222 g/mol. The summed E-state index contributed by atoms with van der Waals surface area (Å²) in [5.74, 6) is -0.471. The predicted octanol–water partition coefficient (Wildman–Crippen LogP) is 0.801. The molecule has 17 heavy (non-hydrogen) atoms. The van der Waals surface area contributed by atoms with Crippen LogP contribution in [0.25, 0.3) is 0 Å². The standard InChI is InChI=1S/C10H13NO3.CH4O.CH4/c1-6(12)8(11)4-7-2-3-9(13)10(14)5-7;1-2;/h2-3,5,8,13-14H,4,11H2,1H3;2H,1H3;1H4/t8-;;/m0../s1/i;2*1D. The molecule has 0 fully saturated rings. The lowest BCUT2D eigenvalue weighted by atomic mass is 10.0. The van der Waals surface area contributed by atoms with Crippen molar-refractivity contribution in [3.63, 3.8) is 0 Å². The normalized spacial score (nSPS) is 11.8. The number of aliphatic hydroxyl groups excluding tert-OH is 1. The molecule has 0 aliphatic heterocycles. The van der Waals surface area contributed by atoms with Crippen molar-refractivity contribution in [2.45, 2.75) is 26.8 Å². The number of aromatic hydroxyl groups is 2. The Bertz CT molecular complexity index is 375. The maximum Gasteiger partial charge on any atom is 0.157 e. The fourth-order valence-electron chi connectivity index (χ4n) is 1.09. The van der Waals surface area contributed by atoms with Gasteiger partial charge < -0.3 is 21.1 Å². The van der Waals surface area contributed by atoms with Crippen LogP contribution in [-0.4, -0.2) is 34.2 Å². The molecule has 98 valence electrons. The molecule has 5 heteroatoms. The van der Waals surface area contributed by atoms with Crippen molar-refractivity contribution in [1.82, 2.24) is 0 Å². The highest BCUT2D eigenvalue weighted by Gasteiger charge is 2.10. The lowest BCUT2D eigenvalue weighted by Crippen LogP contribution is -2.30. The van der Waals surface area contributed by atoms with E-state index in [9.17, 15) is 9.90 Å². The van der Waals surface area contributed by atoms with Gasteiger partial charge in [-0.15, -0.1) is 0 Å². The van der Waals surface area contributed by atoms with Gasteiger partial charge in [0.25, 0.3) is 0 Å². The van der Waals surface area contributed by atoms with Crippen LogP contribution in [0.15, 0.2) is 18.2 Å². The van der Waals surface area contributed by atoms with E-state index in [2.05, 4.69) is 0 Å². The van der Waals surface area contributed by atoms with Gasteiger partial charge in [0.05, 0.1) is 7.41 Å². The van der Waals surface area contributed by atoms with Crippen LogP contribution in [-0.2, 0) is 11.2 Å². The Hall–Kier alpha value is -1.59. The number of phenolic OH excluding ortho intramolecular Hbond substituents is 2. The van der Waals surface area contributed by atoms with Crippen LogP contribution in [0.2, 0.25) is 0 Å². The van der Waals surface area contributed by atoms with Crippen LogP contribution in [0, 0.1) is 0 Å². The lowest BCUT2D eigenvalue weighted by Gasteiger charge is -2.08. The van der Waals surface area contributed by atoms with Gasteiger partial charge >= 0.3 is 0 Å². The monoisotopic (exact) mass is 245 g/mol. The Labute approximate surface area is 104 Å². The molecule has 0 aliphatic carbocycles. The maximum atomic E-state index is 10.9. The first-order chi connectivity index (χ1) is 8.92. The molecule has 0 aliphatic rings. The van der Waals surface area contributed by atoms with Crippen molar-refractivity contribution in [2.24, 2.45) is 5.73 Å². The minimum Gasteiger partial charge on any atom is -0.504 e. The third kappa shape index (κ3) is 5.89. The summed E-state index contributed by atoms with van der Waals surface area (Å²) in [6.07, 6.45) is 0.364. The van der Waals surface area contributed by atoms with E-state index in [1.54, 1.807) is 6.07 Å². The molecule has 0 radical (unpaired) electrons. The molecule has 0 aromatic heterocycles. The summed E-state index contributed by atoms with van der Waals surface area (Å²) in [4.78, 5) is 10.9. The van der Waals surface area contributed by atoms with Crippen LogP contribution in [0.5, 0.6) is 11.5 Å². The number of benzene rings is 1. The zero-order chi connectivity index (χ0) is 15.4. The smallest absolute Gasteiger partial charge is 0.157 e. The molecule has 0 bridgehead atoms. The number of phenols is 2. The molecule has 0 saturated heterocycles. The molecule has 5 nitrogen and oxygen atoms in total. The van der Waals surface area contributed by atoms with Gasteiger partial charge in [-0.3, -0.25) is 4.79 Å². The van der Waals surface area contributed by atoms with Gasteiger partial charge in [-0.1, -0.05) is 13.5 Å². The topological polar surface area (TPSA) is 104 Å². The Morgan fingerprint density at radius 1 is 1.53 bits per heavy atom. The van der Waals surface area contributed by atoms with Crippen LogP contribution in [0.1, 0.15) is 22.6 Å². The van der Waals surface area contributed by atoms with E-state index in [0.29, 0.717) is 6.42 Å². The summed E-state index contributed by atoms with van der Waals surface area (Å²) >= 11 is 0. The number of carbonyl (C=O) groups excluding carboxylic acids is 1. The largest absolute Gasteiger partial charge is 0.504 e. The van der Waals surface area contributed by atoms with Crippen molar-refractivity contribution in [3.05, 3.63) is 23.8 Å². The van der Waals surface area contributed by atoms with Gasteiger partial charge in [-0.25, -0.2) is 0 Å². The number of rotatable bonds is 3. The fraction of sp³-hybridized carbons (Fsp3) is 0.417. The minimum atomic E-state index is -0.557. The first-order valence-corrected chi connectivity index (χ1v) is 4.59. The third-order valence-electron chi connectivity index (χ3n) is 2.02. The van der Waals surface area contributed by atoms with E-state index >= 15 is 0 Å². The van der Waals surface area contributed by atoms with Crippen molar-refractivity contribution < 1.29 is 22.9 Å². The van der Waals surface area contributed by atoms with E-state index in [1.807, 2.05) is 0 Å². The summed E-state index contributed by atoms with van der Waals surface area (Å²) < 4.78 is 11.5. The Kier molecular flexibility index (Phi) is 6.78. The Morgan fingerprint density at radius 2 is 2.06 bits per heavy atom. The SMILES string of the molecule is CC(=O)[C@@H](N)Cc1ccc(O)c(O)c1.[2H]C.[2H]CO. The number of carbonyl (C=O) groups is 1. The average Bonchev–Trinajstić information content (AvgIpc) is 2.37. The maximum absolute atomic E-state index is 10.9. The summed E-state index contributed by atoms with van der Waals surface area (Å²) in [6.45, 7) is 1.42. The van der Waals surface area contributed by atoms with Crippen molar-refractivity contribution in [2.75, 3.05) is 7.09 Å². The van der Waals surface area contributed by atoms with Gasteiger partial charge in [0.1, 0.15) is 5.78 Å². The van der Waals surface area contributed by atoms with E-state index in [1.165, 1.54) is 26.5 Å². The van der Waals surface area contributed by atoms with Crippen molar-refractivity contribution in [1.29, 1.82) is 0 Å². The zero-order valence-corrected chi connectivity index (χ0v) is 10.1. The molecule has 0 spiro atoms. The zero-order valence-electron chi connectivity index (χ0n) is 12.1. The number of hydrogen-bond donors (Lipinski definition) is 4. The molecule has 1 aromatic rings. The first-order valence-electron chi connectivity index (χ1n) is 6.30. The van der Waals surface area contributed by atoms with E-state index in [4.69, 9.17) is 18.7 Å². The molecule has 0 saturated carbocycles. The van der Waals surface area contributed by atoms with Crippen LogP contribution >= 0.6 is 0 Å². The second-order valence-corrected chi connectivity index (χ2v) is 3.24. The quantitative estimate of drug-likeness (QED) is 0.590. The Morgan fingerprint density at radius 3 is 2.47 bits per heavy atom. The second kappa shape index (κ2) is 8.55. The van der Waals surface area contributed by atoms with Crippen molar-refractivity contribution >= 4 is 5.78 Å². The number of hydrogen-bond acceptors (Lipinski definition) is 5. The van der Waals surface area contributed by atoms with Crippen molar-refractivity contribution in [3.8, 4) is 11.5 Å². The highest BCUT2D eigenvalue weighted by molar-refractivity contribution is 5.81. The fourth-order valence-corrected chi connectivity index (χ4v) is 1.09. The highest BCUT2D eigenvalue weighted by atomic mass is 16.3. The van der Waals surface area contributed by atoms with E-state index < -0.39 is 13.1 Å². The molecule has 1 atom stereocenters. The van der Waals surface area contributed by atoms with Gasteiger partial charge in [0, 0.05) is 8.46 Å². The first kappa shape index (κ1) is 13.5. The number of ketones is 1. The average molecular weight is 245 g/mol. The third-order valence-corrected chi connectivity index (χ3v) is 2.02. The predicted molar refractivity (Wildman–Crippen MR) is 67.0 cm³/mol. The molecule has 0 amide bonds. The van der Waals surface area contributed by atoms with E-state index in [0.717, 1.165) is 5.56 Å². The van der Waals surface area contributed by atoms with Gasteiger partial charge in [0.15, 0.2) is 11.5 Å². The molecular formula is C12H21NO4. The van der Waals surface area contributed by atoms with Crippen LogP contribution in [0.4, 0.5) is 0 Å². The summed E-state index contributed by atoms with van der Waals surface area (Å²) in [5.41, 5.74) is 6.27. The van der Waals surface area contributed by atoms with Gasteiger partial charge in [0.2, 0.25) is 0 Å². The second-order valence-electron chi connectivity index (χ2n) is 3.24. The highest BCUT2D eigenvalue weighted by Crippen LogP contribution is 2.25. The molecule has 0 heterocycles. The summed E-state index contributed by atoms with van der Waals surface area (Å²) in [5, 5.41) is 25.5. The van der Waals surface area contributed by atoms with Crippen LogP contribution in [0.3, 0.4) is 0 Å². The minimum absolute atomic E-state index is 0.0995. The van der Waals surface area contributed by atoms with Gasteiger partial charge in [-0.2, -0.15) is 0 Å². The van der Waals surface area contributed by atoms with E-state index in [-0.39, 0.29) is 17.3 Å². The summed E-state index contributed by atoms with van der Waals surface area (Å²) in [6, 6.07) is 3.84. The molecule has 0 unspecified atom stereocenters. The molecule has 1 rings (SSSR count).